The second kappa shape index (κ2) is 22.2. The van der Waals surface area contributed by atoms with Crippen LogP contribution in [0.5, 0.6) is 0 Å². The van der Waals surface area contributed by atoms with Crippen LogP contribution in [-0.2, 0) is 18.3 Å². The number of ether oxygens (including phenoxy) is 2. The Balaban J connectivity index is 0.000000910. The molecule has 9 heteroatoms. The highest BCUT2D eigenvalue weighted by molar-refractivity contribution is 14.1. The molecule has 5 nitrogen and oxygen atoms in total. The molecule has 2 aromatic rings. The number of halogens is 2. The number of nitrogens with zero attached hydrogens (tertiary/aromatic N) is 1. The van der Waals surface area contributed by atoms with Crippen molar-refractivity contribution in [3.05, 3.63) is 71.8 Å². The summed E-state index contributed by atoms with van der Waals surface area (Å²) in [6, 6.07) is 20.9. The Morgan fingerprint density at radius 1 is 0.617 bits per heavy atom. The molecule has 0 fully saturated rings. The van der Waals surface area contributed by atoms with Crippen LogP contribution in [0, 0.1) is 0 Å². The van der Waals surface area contributed by atoms with Crippen LogP contribution in [0.1, 0.15) is 85.6 Å². The van der Waals surface area contributed by atoms with Crippen LogP contribution in [0.25, 0.3) is 0 Å². The topological polar surface area (TPSA) is 36.9 Å². The molecule has 0 aromatic heterocycles. The van der Waals surface area contributed by atoms with Crippen LogP contribution < -0.4 is 24.0 Å². The van der Waals surface area contributed by atoms with Crippen LogP contribution >= 0.6 is 22.6 Å². The molecule has 0 saturated heterocycles. The zero-order chi connectivity index (χ0) is 35.1. The number of benzene rings is 2. The normalized spacial score (nSPS) is 14.1. The van der Waals surface area contributed by atoms with Crippen LogP contribution in [0.4, 0.5) is 0 Å². The first kappa shape index (κ1) is 47.1. The Morgan fingerprint density at radius 3 is 1.26 bits per heavy atom. The molecule has 0 saturated carbocycles. The summed E-state index contributed by atoms with van der Waals surface area (Å²) in [6.45, 7) is 37.1. The van der Waals surface area contributed by atoms with Gasteiger partial charge in [0, 0.05) is 4.43 Å². The first-order valence-electron chi connectivity index (χ1n) is 17.4. The van der Waals surface area contributed by atoms with E-state index in [2.05, 4.69) is 166 Å². The molecule has 0 spiro atoms. The molecule has 2 rings (SSSR count). The summed E-state index contributed by atoms with van der Waals surface area (Å²) < 4.78 is 27.3. The zero-order valence-corrected chi connectivity index (χ0v) is 38.4. The average molecular weight is 914 g/mol. The average Bonchev–Trinajstić information content (AvgIpc) is 3.01. The molecule has 2 aromatic carbocycles. The Kier molecular flexibility index (Phi) is 22.2. The lowest BCUT2D eigenvalue weighted by Gasteiger charge is -2.38. The van der Waals surface area contributed by atoms with E-state index in [4.69, 9.17) is 18.3 Å². The number of alkyl halides is 1. The lowest BCUT2D eigenvalue weighted by Crippen LogP contribution is -3.00. The van der Waals surface area contributed by atoms with Gasteiger partial charge in [0.05, 0.1) is 46.1 Å². The minimum absolute atomic E-state index is 0. The van der Waals surface area contributed by atoms with Crippen molar-refractivity contribution in [2.45, 2.75) is 111 Å². The highest BCUT2D eigenvalue weighted by atomic mass is 127. The van der Waals surface area contributed by atoms with Crippen LogP contribution in [-0.4, -0.2) is 78.2 Å². The third kappa shape index (κ3) is 16.4. The monoisotopic (exact) mass is 913 g/mol. The smallest absolute Gasteiger partial charge is 0.192 e. The van der Waals surface area contributed by atoms with Gasteiger partial charge in [-0.15, -0.1) is 0 Å². The molecule has 0 bridgehead atoms. The van der Waals surface area contributed by atoms with E-state index in [9.17, 15) is 0 Å². The fourth-order valence-electron chi connectivity index (χ4n) is 4.54. The van der Waals surface area contributed by atoms with E-state index in [0.29, 0.717) is 13.2 Å². The quantitative estimate of drug-likeness (QED) is 0.0662. The zero-order valence-electron chi connectivity index (χ0n) is 32.1. The van der Waals surface area contributed by atoms with Crippen LogP contribution in [0.3, 0.4) is 0 Å². The molecular formula is C38H69I2NO4Si2. The molecule has 272 valence electrons. The lowest BCUT2D eigenvalue weighted by molar-refractivity contribution is -0.923. The largest absolute Gasteiger partial charge is 1.00 e. The fourth-order valence-corrected chi connectivity index (χ4v) is 6.79. The summed E-state index contributed by atoms with van der Waals surface area (Å²) in [6.07, 6.45) is 0.0536. The molecule has 0 aliphatic heterocycles. The summed E-state index contributed by atoms with van der Waals surface area (Å²) >= 11 is 2.34. The maximum atomic E-state index is 6.48. The van der Waals surface area contributed by atoms with E-state index in [1.165, 1.54) is 11.1 Å². The van der Waals surface area contributed by atoms with Crippen molar-refractivity contribution in [3.63, 3.8) is 0 Å². The van der Waals surface area contributed by atoms with E-state index in [-0.39, 0.29) is 46.3 Å². The van der Waals surface area contributed by atoms with Crippen molar-refractivity contribution >= 4 is 39.2 Å². The van der Waals surface area contributed by atoms with E-state index < -0.39 is 16.6 Å². The molecule has 0 aliphatic rings. The maximum Gasteiger partial charge on any atom is 0.192 e. The standard InChI is InChI=1S/C22H42NO2Si.C16H27IO2Si.HI/c1-9-23(10-2,11-3)17-18-24-21(20-15-13-12-14-16-20)19-25-26(7,8)22(4,5)6;1-16(2,3)20(4,5)19-13-15(18-12-11-17)14-9-7-6-8-10-14;/h12-16,21H,9-11,17-19H2,1-8H3;6-10,15H,11-13H2,1-5H3;1H/q+1;;/p-1. The molecule has 0 N–H and O–H groups in total. The highest BCUT2D eigenvalue weighted by Gasteiger charge is 2.39. The molecule has 2 atom stereocenters. The fraction of sp³-hybridized carbons (Fsp3) is 0.684. The predicted octanol–water partition coefficient (Wildman–Crippen LogP) is 7.85. The van der Waals surface area contributed by atoms with Gasteiger partial charge in [-0.25, -0.2) is 0 Å². The van der Waals surface area contributed by atoms with E-state index >= 15 is 0 Å². The lowest BCUT2D eigenvalue weighted by atomic mass is 10.1. The predicted molar refractivity (Wildman–Crippen MR) is 212 cm³/mol. The second-order valence-electron chi connectivity index (χ2n) is 15.4. The first-order valence-corrected chi connectivity index (χ1v) is 24.7. The maximum absolute atomic E-state index is 6.48. The van der Waals surface area contributed by atoms with E-state index in [1.807, 2.05) is 6.07 Å². The van der Waals surface area contributed by atoms with Crippen LogP contribution in [0.15, 0.2) is 60.7 Å². The van der Waals surface area contributed by atoms with Gasteiger partial charge in [-0.3, -0.25) is 0 Å². The van der Waals surface area contributed by atoms with Crippen molar-refractivity contribution in [1.82, 2.24) is 0 Å². The molecular weight excluding hydrogens is 844 g/mol. The Morgan fingerprint density at radius 2 is 0.957 bits per heavy atom. The summed E-state index contributed by atoms with van der Waals surface area (Å²) in [7, 11) is -3.50. The minimum atomic E-state index is -1.78. The summed E-state index contributed by atoms with van der Waals surface area (Å²) in [4.78, 5) is 0. The number of hydrogen-bond donors (Lipinski definition) is 0. The molecule has 2 unspecified atom stereocenters. The SMILES string of the molecule is CC(C)(C)[Si](C)(C)OCC(OCCI)c1ccccc1.CC[N+](CC)(CC)CCOC(CO[Si](C)(C)C(C)(C)C)c1ccccc1.[I-]. The summed E-state index contributed by atoms with van der Waals surface area (Å²) in [5.74, 6) is 0. The van der Waals surface area contributed by atoms with Gasteiger partial charge in [0.2, 0.25) is 0 Å². The second-order valence-corrected chi connectivity index (χ2v) is 26.1. The molecule has 0 radical (unpaired) electrons. The first-order chi connectivity index (χ1) is 21.4. The van der Waals surface area contributed by atoms with E-state index in [0.717, 1.165) is 48.3 Å². The van der Waals surface area contributed by atoms with Gasteiger partial charge in [-0.05, 0) is 68.2 Å². The van der Waals surface area contributed by atoms with E-state index in [1.54, 1.807) is 0 Å². The highest BCUT2D eigenvalue weighted by Crippen LogP contribution is 2.38. The van der Waals surface area contributed by atoms with Crippen molar-refractivity contribution in [1.29, 1.82) is 0 Å². The molecule has 0 amide bonds. The van der Waals surface area contributed by atoms with Gasteiger partial charge >= 0.3 is 0 Å². The number of rotatable bonds is 18. The summed E-state index contributed by atoms with van der Waals surface area (Å²) in [5.41, 5.74) is 2.42. The van der Waals surface area contributed by atoms with Gasteiger partial charge in [0.25, 0.3) is 0 Å². The van der Waals surface area contributed by atoms with Crippen molar-refractivity contribution in [2.75, 3.05) is 57.0 Å². The number of hydrogen-bond acceptors (Lipinski definition) is 4. The number of quaternary nitrogens is 1. The van der Waals surface area contributed by atoms with Gasteiger partial charge in [0.15, 0.2) is 16.6 Å². The van der Waals surface area contributed by atoms with Crippen molar-refractivity contribution < 1.29 is 46.8 Å². The molecule has 0 heterocycles. The molecule has 0 aliphatic carbocycles. The third-order valence-electron chi connectivity index (χ3n) is 10.4. The van der Waals surface area contributed by atoms with Gasteiger partial charge in [-0.2, -0.15) is 0 Å². The van der Waals surface area contributed by atoms with Gasteiger partial charge in [-0.1, -0.05) is 125 Å². The number of likely N-dealkylation sites (N-methyl/N-ethyl adjacent to an activating group) is 1. The van der Waals surface area contributed by atoms with Crippen molar-refractivity contribution in [3.8, 4) is 0 Å². The van der Waals surface area contributed by atoms with Crippen molar-refractivity contribution in [2.24, 2.45) is 0 Å². The summed E-state index contributed by atoms with van der Waals surface area (Å²) in [5, 5.41) is 0.449. The van der Waals surface area contributed by atoms with Gasteiger partial charge < -0.3 is 46.8 Å². The Bertz CT molecular complexity index is 1060. The van der Waals surface area contributed by atoms with Crippen LogP contribution in [0.2, 0.25) is 36.3 Å². The molecule has 47 heavy (non-hydrogen) atoms. The third-order valence-corrected chi connectivity index (χ3v) is 19.9. The Labute approximate surface area is 323 Å². The minimum Gasteiger partial charge on any atom is -1.00 e. The van der Waals surface area contributed by atoms with Gasteiger partial charge in [0.1, 0.15) is 18.8 Å². The Hall–Kier alpha value is 0.134.